The van der Waals surface area contributed by atoms with Crippen molar-refractivity contribution in [3.8, 4) is 17.3 Å². The standard InChI is InChI=1S/C11H10N4O/c1-16-7-2-3-8-9(4-7)15-11(14-8)10-5-12-6-13-10/h2-6H,1H3,(H,12,13)(H,14,15). The summed E-state index contributed by atoms with van der Waals surface area (Å²) in [5.74, 6) is 1.59. The van der Waals surface area contributed by atoms with Crippen LogP contribution in [0, 0.1) is 0 Å². The molecule has 3 rings (SSSR count). The fourth-order valence-corrected chi connectivity index (χ4v) is 1.63. The van der Waals surface area contributed by atoms with Crippen LogP contribution >= 0.6 is 0 Å². The first-order chi connectivity index (χ1) is 7.86. The third kappa shape index (κ3) is 1.33. The van der Waals surface area contributed by atoms with Gasteiger partial charge in [0.15, 0.2) is 5.82 Å². The highest BCUT2D eigenvalue weighted by atomic mass is 16.5. The minimum atomic E-state index is 0.778. The molecule has 2 N–H and O–H groups in total. The maximum Gasteiger partial charge on any atom is 0.156 e. The zero-order valence-corrected chi connectivity index (χ0v) is 8.69. The number of hydrogen-bond acceptors (Lipinski definition) is 3. The Balaban J connectivity index is 2.16. The number of methoxy groups -OCH3 is 1. The lowest BCUT2D eigenvalue weighted by molar-refractivity contribution is 0.415. The quantitative estimate of drug-likeness (QED) is 0.685. The number of nitrogens with one attached hydrogen (secondary N) is 2. The molecule has 0 fully saturated rings. The van der Waals surface area contributed by atoms with E-state index in [2.05, 4.69) is 19.9 Å². The van der Waals surface area contributed by atoms with E-state index in [0.717, 1.165) is 28.3 Å². The van der Waals surface area contributed by atoms with Gasteiger partial charge in [0.25, 0.3) is 0 Å². The zero-order chi connectivity index (χ0) is 11.0. The van der Waals surface area contributed by atoms with Gasteiger partial charge in [-0.25, -0.2) is 9.97 Å². The average Bonchev–Trinajstić information content (AvgIpc) is 2.96. The summed E-state index contributed by atoms with van der Waals surface area (Å²) in [6.07, 6.45) is 3.36. The van der Waals surface area contributed by atoms with Gasteiger partial charge in [0.2, 0.25) is 0 Å². The van der Waals surface area contributed by atoms with Crippen LogP contribution in [-0.4, -0.2) is 27.0 Å². The summed E-state index contributed by atoms with van der Waals surface area (Å²) in [5, 5.41) is 0. The third-order valence-corrected chi connectivity index (χ3v) is 2.44. The minimum absolute atomic E-state index is 0.778. The molecule has 16 heavy (non-hydrogen) atoms. The summed E-state index contributed by atoms with van der Waals surface area (Å²) in [7, 11) is 1.65. The van der Waals surface area contributed by atoms with Crippen LogP contribution in [0.3, 0.4) is 0 Å². The van der Waals surface area contributed by atoms with Crippen LogP contribution in [0.4, 0.5) is 0 Å². The van der Waals surface area contributed by atoms with Crippen molar-refractivity contribution < 1.29 is 4.74 Å². The molecule has 0 unspecified atom stereocenters. The van der Waals surface area contributed by atoms with E-state index in [9.17, 15) is 0 Å². The van der Waals surface area contributed by atoms with Crippen molar-refractivity contribution in [3.05, 3.63) is 30.7 Å². The Morgan fingerprint density at radius 2 is 2.25 bits per heavy atom. The predicted octanol–water partition coefficient (Wildman–Crippen LogP) is 1.96. The van der Waals surface area contributed by atoms with Gasteiger partial charge in [0, 0.05) is 6.07 Å². The first kappa shape index (κ1) is 8.96. The highest BCUT2D eigenvalue weighted by Gasteiger charge is 2.06. The second-order valence-corrected chi connectivity index (χ2v) is 3.43. The second-order valence-electron chi connectivity index (χ2n) is 3.43. The van der Waals surface area contributed by atoms with Crippen LogP contribution in [0.2, 0.25) is 0 Å². The van der Waals surface area contributed by atoms with Crippen molar-refractivity contribution in [3.63, 3.8) is 0 Å². The first-order valence-electron chi connectivity index (χ1n) is 4.89. The van der Waals surface area contributed by atoms with E-state index in [1.54, 1.807) is 19.6 Å². The lowest BCUT2D eigenvalue weighted by Crippen LogP contribution is -1.81. The van der Waals surface area contributed by atoms with Gasteiger partial charge in [0.1, 0.15) is 11.4 Å². The average molecular weight is 214 g/mol. The normalized spacial score (nSPS) is 10.8. The number of nitrogens with zero attached hydrogens (tertiary/aromatic N) is 2. The number of aromatic amines is 2. The van der Waals surface area contributed by atoms with E-state index in [4.69, 9.17) is 4.74 Å². The van der Waals surface area contributed by atoms with Gasteiger partial charge >= 0.3 is 0 Å². The molecular weight excluding hydrogens is 204 g/mol. The lowest BCUT2D eigenvalue weighted by Gasteiger charge is -1.96. The molecule has 2 heterocycles. The summed E-state index contributed by atoms with van der Waals surface area (Å²) in [6.45, 7) is 0. The molecule has 0 radical (unpaired) electrons. The molecule has 80 valence electrons. The molecule has 0 atom stereocenters. The van der Waals surface area contributed by atoms with Gasteiger partial charge in [-0.3, -0.25) is 0 Å². The predicted molar refractivity (Wildman–Crippen MR) is 60.2 cm³/mol. The van der Waals surface area contributed by atoms with Crippen LogP contribution in [0.15, 0.2) is 30.7 Å². The van der Waals surface area contributed by atoms with Gasteiger partial charge in [-0.15, -0.1) is 0 Å². The molecule has 0 saturated heterocycles. The fourth-order valence-electron chi connectivity index (χ4n) is 1.63. The Morgan fingerprint density at radius 3 is 3.00 bits per heavy atom. The van der Waals surface area contributed by atoms with Crippen molar-refractivity contribution >= 4 is 11.0 Å². The van der Waals surface area contributed by atoms with E-state index in [-0.39, 0.29) is 0 Å². The molecule has 0 saturated carbocycles. The Kier molecular flexibility index (Phi) is 1.89. The van der Waals surface area contributed by atoms with Crippen molar-refractivity contribution in [1.82, 2.24) is 19.9 Å². The molecule has 0 spiro atoms. The van der Waals surface area contributed by atoms with Gasteiger partial charge in [-0.1, -0.05) is 0 Å². The Morgan fingerprint density at radius 1 is 1.31 bits per heavy atom. The summed E-state index contributed by atoms with van der Waals surface area (Å²) in [6, 6.07) is 5.73. The van der Waals surface area contributed by atoms with Crippen LogP contribution in [0.25, 0.3) is 22.6 Å². The number of ether oxygens (including phenoxy) is 1. The summed E-state index contributed by atoms with van der Waals surface area (Å²) in [4.78, 5) is 14.6. The number of imidazole rings is 2. The topological polar surface area (TPSA) is 66.6 Å². The van der Waals surface area contributed by atoms with Crippen molar-refractivity contribution in [2.24, 2.45) is 0 Å². The molecule has 5 nitrogen and oxygen atoms in total. The highest BCUT2D eigenvalue weighted by molar-refractivity contribution is 5.80. The van der Waals surface area contributed by atoms with Gasteiger partial charge in [-0.2, -0.15) is 0 Å². The monoisotopic (exact) mass is 214 g/mol. The Hall–Kier alpha value is -2.30. The molecular formula is C11H10N4O. The molecule has 0 amide bonds. The molecule has 2 aromatic heterocycles. The summed E-state index contributed by atoms with van der Waals surface area (Å²) < 4.78 is 5.15. The molecule has 5 heteroatoms. The number of H-pyrrole nitrogens is 2. The molecule has 3 aromatic rings. The molecule has 0 bridgehead atoms. The molecule has 0 aliphatic heterocycles. The van der Waals surface area contributed by atoms with Crippen molar-refractivity contribution in [2.45, 2.75) is 0 Å². The smallest absolute Gasteiger partial charge is 0.156 e. The van der Waals surface area contributed by atoms with Gasteiger partial charge in [-0.05, 0) is 12.1 Å². The Labute approximate surface area is 91.5 Å². The molecule has 0 aliphatic carbocycles. The maximum absolute atomic E-state index is 5.15. The van der Waals surface area contributed by atoms with Crippen molar-refractivity contribution in [2.75, 3.05) is 7.11 Å². The highest BCUT2D eigenvalue weighted by Crippen LogP contribution is 2.22. The van der Waals surface area contributed by atoms with Crippen molar-refractivity contribution in [1.29, 1.82) is 0 Å². The minimum Gasteiger partial charge on any atom is -0.497 e. The first-order valence-corrected chi connectivity index (χ1v) is 4.89. The number of fused-ring (bicyclic) bond motifs is 1. The van der Waals surface area contributed by atoms with E-state index >= 15 is 0 Å². The van der Waals surface area contributed by atoms with E-state index in [1.165, 1.54) is 0 Å². The fraction of sp³-hybridized carbons (Fsp3) is 0.0909. The number of aromatic nitrogens is 4. The largest absolute Gasteiger partial charge is 0.497 e. The third-order valence-electron chi connectivity index (χ3n) is 2.44. The van der Waals surface area contributed by atoms with Crippen LogP contribution in [0.1, 0.15) is 0 Å². The molecule has 1 aromatic carbocycles. The number of rotatable bonds is 2. The van der Waals surface area contributed by atoms with E-state index in [1.807, 2.05) is 18.2 Å². The maximum atomic E-state index is 5.15. The number of hydrogen-bond donors (Lipinski definition) is 2. The van der Waals surface area contributed by atoms with E-state index < -0.39 is 0 Å². The SMILES string of the molecule is COc1ccc2nc(-c3cnc[nH]3)[nH]c2c1. The van der Waals surface area contributed by atoms with Gasteiger partial charge < -0.3 is 14.7 Å². The lowest BCUT2D eigenvalue weighted by atomic mass is 10.3. The van der Waals surface area contributed by atoms with E-state index in [0.29, 0.717) is 0 Å². The zero-order valence-electron chi connectivity index (χ0n) is 8.69. The van der Waals surface area contributed by atoms with Crippen LogP contribution in [-0.2, 0) is 0 Å². The van der Waals surface area contributed by atoms with Crippen LogP contribution < -0.4 is 4.74 Å². The van der Waals surface area contributed by atoms with Gasteiger partial charge in [0.05, 0.1) is 30.7 Å². The summed E-state index contributed by atoms with van der Waals surface area (Å²) >= 11 is 0. The number of benzene rings is 1. The van der Waals surface area contributed by atoms with Crippen LogP contribution in [0.5, 0.6) is 5.75 Å². The Bertz CT molecular complexity index is 612. The second kappa shape index (κ2) is 3.37. The molecule has 0 aliphatic rings. The summed E-state index contributed by atoms with van der Waals surface area (Å²) in [5.41, 5.74) is 2.73.